The van der Waals surface area contributed by atoms with Crippen LogP contribution in [-0.2, 0) is 13.0 Å². The number of aryl methyl sites for hydroxylation is 1. The van der Waals surface area contributed by atoms with Crippen LogP contribution in [0.15, 0.2) is 36.4 Å². The summed E-state index contributed by atoms with van der Waals surface area (Å²) in [6, 6.07) is 13.0. The molecule has 1 aromatic heterocycles. The van der Waals surface area contributed by atoms with Crippen molar-refractivity contribution in [3.8, 4) is 5.75 Å². The third kappa shape index (κ3) is 3.58. The summed E-state index contributed by atoms with van der Waals surface area (Å²) in [6.45, 7) is 5.23. The monoisotopic (exact) mass is 275 g/mol. The Bertz CT molecular complexity index is 521. The average Bonchev–Trinajstić information content (AvgIpc) is 2.94. The van der Waals surface area contributed by atoms with Crippen molar-refractivity contribution in [2.75, 3.05) is 7.11 Å². The predicted octanol–water partition coefficient (Wildman–Crippen LogP) is 4.17. The molecular formula is C16H21NOS. The van der Waals surface area contributed by atoms with Gasteiger partial charge in [-0.1, -0.05) is 25.1 Å². The number of benzene rings is 1. The number of hydrogen-bond acceptors (Lipinski definition) is 3. The molecule has 0 aliphatic heterocycles. The smallest absolute Gasteiger partial charge is 0.123 e. The summed E-state index contributed by atoms with van der Waals surface area (Å²) >= 11 is 1.89. The minimum Gasteiger partial charge on any atom is -0.496 e. The van der Waals surface area contributed by atoms with Gasteiger partial charge >= 0.3 is 0 Å². The Hall–Kier alpha value is -1.32. The number of rotatable bonds is 6. The van der Waals surface area contributed by atoms with E-state index in [-0.39, 0.29) is 0 Å². The third-order valence-electron chi connectivity index (χ3n) is 3.25. The molecule has 0 saturated carbocycles. The molecule has 1 atom stereocenters. The van der Waals surface area contributed by atoms with E-state index < -0.39 is 0 Å². The van der Waals surface area contributed by atoms with Gasteiger partial charge in [0, 0.05) is 27.9 Å². The molecule has 1 aromatic carbocycles. The van der Waals surface area contributed by atoms with Gasteiger partial charge in [0.15, 0.2) is 0 Å². The molecule has 2 nitrogen and oxygen atoms in total. The minimum atomic E-state index is 0.371. The second-order valence-electron chi connectivity index (χ2n) is 4.57. The van der Waals surface area contributed by atoms with Gasteiger partial charge in [-0.15, -0.1) is 11.3 Å². The van der Waals surface area contributed by atoms with Crippen molar-refractivity contribution >= 4 is 11.3 Å². The van der Waals surface area contributed by atoms with Crippen LogP contribution in [0, 0.1) is 0 Å². The van der Waals surface area contributed by atoms with Crippen molar-refractivity contribution in [2.45, 2.75) is 32.9 Å². The van der Waals surface area contributed by atoms with E-state index >= 15 is 0 Å². The molecule has 0 bridgehead atoms. The maximum atomic E-state index is 5.37. The van der Waals surface area contributed by atoms with Crippen LogP contribution in [0.2, 0.25) is 0 Å². The highest BCUT2D eigenvalue weighted by molar-refractivity contribution is 7.12. The molecule has 0 saturated heterocycles. The van der Waals surface area contributed by atoms with E-state index in [9.17, 15) is 0 Å². The number of para-hydroxylation sites is 1. The fraction of sp³-hybridized carbons (Fsp3) is 0.375. The summed E-state index contributed by atoms with van der Waals surface area (Å²) in [4.78, 5) is 2.84. The van der Waals surface area contributed by atoms with Crippen LogP contribution in [-0.4, -0.2) is 7.11 Å². The molecule has 2 rings (SSSR count). The molecule has 19 heavy (non-hydrogen) atoms. The summed E-state index contributed by atoms with van der Waals surface area (Å²) in [7, 11) is 1.72. The van der Waals surface area contributed by atoms with E-state index in [1.54, 1.807) is 7.11 Å². The van der Waals surface area contributed by atoms with E-state index in [0.717, 1.165) is 18.7 Å². The Labute approximate surface area is 119 Å². The summed E-state index contributed by atoms with van der Waals surface area (Å²) in [5.41, 5.74) is 1.20. The highest BCUT2D eigenvalue weighted by Crippen LogP contribution is 2.24. The maximum absolute atomic E-state index is 5.37. The quantitative estimate of drug-likeness (QED) is 0.854. The minimum absolute atomic E-state index is 0.371. The van der Waals surface area contributed by atoms with E-state index in [0.29, 0.717) is 6.04 Å². The molecule has 2 aromatic rings. The molecule has 1 N–H and O–H groups in total. The molecule has 0 aliphatic carbocycles. The number of methoxy groups -OCH3 is 1. The molecule has 0 amide bonds. The molecule has 0 spiro atoms. The molecule has 102 valence electrons. The third-order valence-corrected chi connectivity index (χ3v) is 4.66. The molecule has 1 unspecified atom stereocenters. The van der Waals surface area contributed by atoms with Crippen molar-refractivity contribution in [1.82, 2.24) is 5.32 Å². The van der Waals surface area contributed by atoms with Gasteiger partial charge in [-0.05, 0) is 31.5 Å². The van der Waals surface area contributed by atoms with Gasteiger partial charge in [0.25, 0.3) is 0 Å². The number of ether oxygens (including phenoxy) is 1. The van der Waals surface area contributed by atoms with Crippen molar-refractivity contribution in [3.63, 3.8) is 0 Å². The highest BCUT2D eigenvalue weighted by atomic mass is 32.1. The number of thiophene rings is 1. The zero-order valence-corrected chi connectivity index (χ0v) is 12.6. The summed E-state index contributed by atoms with van der Waals surface area (Å²) in [5.74, 6) is 0.947. The summed E-state index contributed by atoms with van der Waals surface area (Å²) in [5, 5.41) is 3.56. The molecule has 0 aliphatic rings. The van der Waals surface area contributed by atoms with Crippen LogP contribution in [0.3, 0.4) is 0 Å². The fourth-order valence-corrected chi connectivity index (χ4v) is 3.01. The van der Waals surface area contributed by atoms with Crippen LogP contribution in [0.4, 0.5) is 0 Å². The normalized spacial score (nSPS) is 12.4. The van der Waals surface area contributed by atoms with Crippen molar-refractivity contribution in [3.05, 3.63) is 51.7 Å². The Morgan fingerprint density at radius 1 is 1.21 bits per heavy atom. The first-order valence-electron chi connectivity index (χ1n) is 6.68. The molecule has 0 radical (unpaired) electrons. The Kier molecular flexibility index (Phi) is 5.00. The van der Waals surface area contributed by atoms with Crippen molar-refractivity contribution in [1.29, 1.82) is 0 Å². The van der Waals surface area contributed by atoms with Gasteiger partial charge < -0.3 is 10.1 Å². The SMILES string of the molecule is CCc1ccc(C(C)NCc2ccccc2OC)s1. The van der Waals surface area contributed by atoms with E-state index in [2.05, 4.69) is 37.4 Å². The summed E-state index contributed by atoms with van der Waals surface area (Å²) < 4.78 is 5.37. The first kappa shape index (κ1) is 14.1. The van der Waals surface area contributed by atoms with Gasteiger partial charge in [-0.25, -0.2) is 0 Å². The zero-order chi connectivity index (χ0) is 13.7. The molecular weight excluding hydrogens is 254 g/mol. The first-order chi connectivity index (χ1) is 9.24. The van der Waals surface area contributed by atoms with E-state index in [1.165, 1.54) is 15.3 Å². The Morgan fingerprint density at radius 2 is 2.00 bits per heavy atom. The number of hydrogen-bond donors (Lipinski definition) is 1. The van der Waals surface area contributed by atoms with E-state index in [1.807, 2.05) is 29.5 Å². The van der Waals surface area contributed by atoms with Gasteiger partial charge in [0.1, 0.15) is 5.75 Å². The molecule has 3 heteroatoms. The van der Waals surface area contributed by atoms with Crippen molar-refractivity contribution in [2.24, 2.45) is 0 Å². The second-order valence-corrected chi connectivity index (χ2v) is 5.77. The topological polar surface area (TPSA) is 21.3 Å². The van der Waals surface area contributed by atoms with Gasteiger partial charge in [0.05, 0.1) is 7.11 Å². The fourth-order valence-electron chi connectivity index (χ4n) is 2.03. The van der Waals surface area contributed by atoms with Crippen molar-refractivity contribution < 1.29 is 4.74 Å². The van der Waals surface area contributed by atoms with Gasteiger partial charge in [0.2, 0.25) is 0 Å². The first-order valence-corrected chi connectivity index (χ1v) is 7.50. The lowest BCUT2D eigenvalue weighted by Gasteiger charge is -2.14. The van der Waals surface area contributed by atoms with Crippen LogP contribution < -0.4 is 10.1 Å². The number of nitrogens with one attached hydrogen (secondary N) is 1. The lowest BCUT2D eigenvalue weighted by atomic mass is 10.2. The molecule has 1 heterocycles. The van der Waals surface area contributed by atoms with Crippen LogP contribution in [0.1, 0.15) is 35.2 Å². The predicted molar refractivity (Wildman–Crippen MR) is 81.9 cm³/mol. The molecule has 0 fully saturated rings. The van der Waals surface area contributed by atoms with E-state index in [4.69, 9.17) is 4.74 Å². The van der Waals surface area contributed by atoms with Crippen LogP contribution in [0.5, 0.6) is 5.75 Å². The maximum Gasteiger partial charge on any atom is 0.123 e. The lowest BCUT2D eigenvalue weighted by Crippen LogP contribution is -2.17. The van der Waals surface area contributed by atoms with Crippen LogP contribution >= 0.6 is 11.3 Å². The van der Waals surface area contributed by atoms with Crippen LogP contribution in [0.25, 0.3) is 0 Å². The highest BCUT2D eigenvalue weighted by Gasteiger charge is 2.09. The largest absolute Gasteiger partial charge is 0.496 e. The zero-order valence-electron chi connectivity index (χ0n) is 11.8. The standard InChI is InChI=1S/C16H21NOS/c1-4-14-9-10-16(19-14)12(2)17-11-13-7-5-6-8-15(13)18-3/h5-10,12,17H,4,11H2,1-3H3. The summed E-state index contributed by atoms with van der Waals surface area (Å²) in [6.07, 6.45) is 1.11. The second kappa shape index (κ2) is 6.73. The Morgan fingerprint density at radius 3 is 2.68 bits per heavy atom. The Balaban J connectivity index is 1.98. The lowest BCUT2D eigenvalue weighted by molar-refractivity contribution is 0.406. The average molecular weight is 275 g/mol. The van der Waals surface area contributed by atoms with Gasteiger partial charge in [-0.2, -0.15) is 0 Å². The van der Waals surface area contributed by atoms with Gasteiger partial charge in [-0.3, -0.25) is 0 Å².